The molecule has 88 valence electrons. The Balaban J connectivity index is 2.57. The van der Waals surface area contributed by atoms with E-state index >= 15 is 0 Å². The van der Waals surface area contributed by atoms with Crippen LogP contribution in [0.2, 0.25) is 5.02 Å². The van der Waals surface area contributed by atoms with Crippen molar-refractivity contribution in [3.63, 3.8) is 0 Å². The SMILES string of the molecule is N#Cc1cncc(-c2cc(Cl)cc(C(=O)O)c2)c1. The van der Waals surface area contributed by atoms with Crippen LogP contribution in [0.15, 0.2) is 36.7 Å². The van der Waals surface area contributed by atoms with E-state index in [9.17, 15) is 4.79 Å². The molecule has 0 atom stereocenters. The molecule has 1 N–H and O–H groups in total. The van der Waals surface area contributed by atoms with E-state index < -0.39 is 5.97 Å². The Bertz CT molecular complexity index is 662. The quantitative estimate of drug-likeness (QED) is 0.899. The molecule has 1 aromatic heterocycles. The zero-order valence-corrected chi connectivity index (χ0v) is 9.85. The predicted octanol–water partition coefficient (Wildman–Crippen LogP) is 2.97. The van der Waals surface area contributed by atoms with Gasteiger partial charge in [0.15, 0.2) is 0 Å². The van der Waals surface area contributed by atoms with E-state index in [4.69, 9.17) is 22.0 Å². The minimum atomic E-state index is -1.05. The van der Waals surface area contributed by atoms with Crippen molar-refractivity contribution in [2.45, 2.75) is 0 Å². The maximum atomic E-state index is 10.9. The van der Waals surface area contributed by atoms with Gasteiger partial charge in [0.25, 0.3) is 0 Å². The molecule has 0 bridgehead atoms. The lowest BCUT2D eigenvalue weighted by Gasteiger charge is -2.04. The lowest BCUT2D eigenvalue weighted by atomic mass is 10.0. The van der Waals surface area contributed by atoms with Crippen LogP contribution in [0, 0.1) is 11.3 Å². The summed E-state index contributed by atoms with van der Waals surface area (Å²) in [6.45, 7) is 0. The molecule has 0 spiro atoms. The molecule has 0 saturated heterocycles. The number of hydrogen-bond donors (Lipinski definition) is 1. The number of benzene rings is 1. The second kappa shape index (κ2) is 4.86. The van der Waals surface area contributed by atoms with Crippen LogP contribution in [0.4, 0.5) is 0 Å². The monoisotopic (exact) mass is 258 g/mol. The van der Waals surface area contributed by atoms with Crippen LogP contribution in [0.5, 0.6) is 0 Å². The maximum absolute atomic E-state index is 10.9. The first-order valence-corrected chi connectivity index (χ1v) is 5.37. The molecule has 0 radical (unpaired) electrons. The van der Waals surface area contributed by atoms with Gasteiger partial charge in [-0.15, -0.1) is 0 Å². The van der Waals surface area contributed by atoms with Crippen molar-refractivity contribution in [3.05, 3.63) is 52.8 Å². The van der Waals surface area contributed by atoms with Crippen molar-refractivity contribution >= 4 is 17.6 Å². The highest BCUT2D eigenvalue weighted by Gasteiger charge is 2.08. The number of halogens is 1. The Hall–Kier alpha value is -2.38. The molecule has 0 aliphatic carbocycles. The zero-order chi connectivity index (χ0) is 13.1. The van der Waals surface area contributed by atoms with E-state index in [1.165, 1.54) is 18.3 Å². The van der Waals surface area contributed by atoms with Gasteiger partial charge < -0.3 is 5.11 Å². The van der Waals surface area contributed by atoms with Crippen molar-refractivity contribution in [1.29, 1.82) is 5.26 Å². The molecule has 5 heteroatoms. The van der Waals surface area contributed by atoms with Crippen molar-refractivity contribution < 1.29 is 9.90 Å². The number of nitrogens with zero attached hydrogens (tertiary/aromatic N) is 2. The van der Waals surface area contributed by atoms with Crippen LogP contribution in [0.25, 0.3) is 11.1 Å². The normalized spacial score (nSPS) is 9.78. The summed E-state index contributed by atoms with van der Waals surface area (Å²) in [6.07, 6.45) is 2.99. The molecule has 0 aliphatic rings. The van der Waals surface area contributed by atoms with Gasteiger partial charge in [0.2, 0.25) is 0 Å². The van der Waals surface area contributed by atoms with E-state index in [0.717, 1.165) is 0 Å². The highest BCUT2D eigenvalue weighted by atomic mass is 35.5. The summed E-state index contributed by atoms with van der Waals surface area (Å²) in [4.78, 5) is 14.9. The van der Waals surface area contributed by atoms with Gasteiger partial charge in [0, 0.05) is 23.0 Å². The fourth-order valence-corrected chi connectivity index (χ4v) is 1.77. The third-order valence-corrected chi connectivity index (χ3v) is 2.56. The molecule has 4 nitrogen and oxygen atoms in total. The van der Waals surface area contributed by atoms with Gasteiger partial charge in [-0.1, -0.05) is 11.6 Å². The van der Waals surface area contributed by atoms with Crippen LogP contribution >= 0.6 is 11.6 Å². The van der Waals surface area contributed by atoms with Crippen LogP contribution in [-0.4, -0.2) is 16.1 Å². The van der Waals surface area contributed by atoms with Crippen LogP contribution in [0.3, 0.4) is 0 Å². The van der Waals surface area contributed by atoms with Crippen LogP contribution < -0.4 is 0 Å². The standard InChI is InChI=1S/C13H7ClN2O2/c14-12-3-9(2-10(4-12)13(17)18)11-1-8(5-15)6-16-7-11/h1-4,6-7H,(H,17,18). The predicted molar refractivity (Wildman–Crippen MR) is 66.4 cm³/mol. The average molecular weight is 259 g/mol. The lowest BCUT2D eigenvalue weighted by Crippen LogP contribution is -1.96. The van der Waals surface area contributed by atoms with E-state index in [1.54, 1.807) is 18.3 Å². The maximum Gasteiger partial charge on any atom is 0.335 e. The summed E-state index contributed by atoms with van der Waals surface area (Å²) in [6, 6.07) is 8.10. The molecular weight excluding hydrogens is 252 g/mol. The third kappa shape index (κ3) is 2.47. The molecule has 0 amide bonds. The molecule has 1 heterocycles. The number of carbonyl (C=O) groups is 1. The molecule has 2 rings (SSSR count). The molecular formula is C13H7ClN2O2. The summed E-state index contributed by atoms with van der Waals surface area (Å²) >= 11 is 5.87. The van der Waals surface area contributed by atoms with Gasteiger partial charge in [-0.25, -0.2) is 4.79 Å². The molecule has 0 aliphatic heterocycles. The summed E-state index contributed by atoms with van der Waals surface area (Å²) < 4.78 is 0. The van der Waals surface area contributed by atoms with Gasteiger partial charge in [-0.3, -0.25) is 4.98 Å². The zero-order valence-electron chi connectivity index (χ0n) is 9.09. The Morgan fingerprint density at radius 3 is 2.67 bits per heavy atom. The molecule has 0 fully saturated rings. The smallest absolute Gasteiger partial charge is 0.335 e. The molecule has 18 heavy (non-hydrogen) atoms. The summed E-state index contributed by atoms with van der Waals surface area (Å²) in [5, 5.41) is 18.1. The number of nitriles is 1. The molecule has 2 aromatic rings. The first kappa shape index (κ1) is 12.1. The van der Waals surface area contributed by atoms with Crippen molar-refractivity contribution in [1.82, 2.24) is 4.98 Å². The van der Waals surface area contributed by atoms with E-state index in [-0.39, 0.29) is 5.56 Å². The Morgan fingerprint density at radius 2 is 2.00 bits per heavy atom. The van der Waals surface area contributed by atoms with Crippen molar-refractivity contribution in [3.8, 4) is 17.2 Å². The van der Waals surface area contributed by atoms with Gasteiger partial charge in [-0.05, 0) is 29.8 Å². The highest BCUT2D eigenvalue weighted by molar-refractivity contribution is 6.31. The summed E-state index contributed by atoms with van der Waals surface area (Å²) in [5.74, 6) is -1.05. The summed E-state index contributed by atoms with van der Waals surface area (Å²) in [5.41, 5.74) is 1.77. The third-order valence-electron chi connectivity index (χ3n) is 2.35. The molecule has 0 saturated carbocycles. The van der Waals surface area contributed by atoms with E-state index in [0.29, 0.717) is 21.7 Å². The van der Waals surface area contributed by atoms with Crippen LogP contribution in [0.1, 0.15) is 15.9 Å². The summed E-state index contributed by atoms with van der Waals surface area (Å²) in [7, 11) is 0. The van der Waals surface area contributed by atoms with E-state index in [2.05, 4.69) is 4.98 Å². The number of pyridine rings is 1. The minimum absolute atomic E-state index is 0.0971. The largest absolute Gasteiger partial charge is 0.478 e. The Kier molecular flexibility index (Phi) is 3.26. The fraction of sp³-hybridized carbons (Fsp3) is 0. The number of aromatic nitrogens is 1. The average Bonchev–Trinajstić information content (AvgIpc) is 2.38. The Morgan fingerprint density at radius 1 is 1.22 bits per heavy atom. The van der Waals surface area contributed by atoms with Gasteiger partial charge in [0.05, 0.1) is 11.1 Å². The minimum Gasteiger partial charge on any atom is -0.478 e. The molecule has 1 aromatic carbocycles. The van der Waals surface area contributed by atoms with Gasteiger partial charge in [0.1, 0.15) is 6.07 Å². The first-order valence-electron chi connectivity index (χ1n) is 4.99. The van der Waals surface area contributed by atoms with Gasteiger partial charge >= 0.3 is 5.97 Å². The second-order valence-electron chi connectivity index (χ2n) is 3.61. The number of rotatable bonds is 2. The fourth-order valence-electron chi connectivity index (χ4n) is 1.54. The van der Waals surface area contributed by atoms with Crippen molar-refractivity contribution in [2.24, 2.45) is 0 Å². The number of carboxylic acids is 1. The number of aromatic carboxylic acids is 1. The van der Waals surface area contributed by atoms with Gasteiger partial charge in [-0.2, -0.15) is 5.26 Å². The number of hydrogen-bond acceptors (Lipinski definition) is 3. The first-order chi connectivity index (χ1) is 8.60. The topological polar surface area (TPSA) is 74.0 Å². The lowest BCUT2D eigenvalue weighted by molar-refractivity contribution is 0.0697. The second-order valence-corrected chi connectivity index (χ2v) is 4.04. The Labute approximate surface area is 108 Å². The molecule has 0 unspecified atom stereocenters. The van der Waals surface area contributed by atoms with Crippen molar-refractivity contribution in [2.75, 3.05) is 0 Å². The highest BCUT2D eigenvalue weighted by Crippen LogP contribution is 2.25. The van der Waals surface area contributed by atoms with E-state index in [1.807, 2.05) is 6.07 Å². The van der Waals surface area contributed by atoms with Crippen LogP contribution in [-0.2, 0) is 0 Å². The number of carboxylic acid groups (broad SMARTS) is 1.